The smallest absolute Gasteiger partial charge is 0.415 e. The van der Waals surface area contributed by atoms with Crippen LogP contribution in [0.15, 0.2) is 66.7 Å². The number of benzene rings is 3. The van der Waals surface area contributed by atoms with Gasteiger partial charge < -0.3 is 9.84 Å². The number of hydrogen-bond donors (Lipinski definition) is 1. The number of carbonyl (C=O) groups excluding carboxylic acids is 1. The van der Waals surface area contributed by atoms with Crippen molar-refractivity contribution in [1.82, 2.24) is 4.90 Å². The first-order valence-corrected chi connectivity index (χ1v) is 11.7. The van der Waals surface area contributed by atoms with Crippen LogP contribution >= 0.6 is 0 Å². The number of likely N-dealkylation sites (tertiary alicyclic amines) is 1. The topological polar surface area (TPSA) is 70.1 Å². The minimum Gasteiger partial charge on any atom is -0.478 e. The maximum absolute atomic E-state index is 13.6. The Hall–Kier alpha value is -3.71. The van der Waals surface area contributed by atoms with Crippen LogP contribution in [-0.2, 0) is 11.3 Å². The van der Waals surface area contributed by atoms with Gasteiger partial charge in [-0.25, -0.2) is 14.0 Å². The molecule has 3 aromatic carbocycles. The maximum atomic E-state index is 13.6. The number of piperidine rings is 1. The largest absolute Gasteiger partial charge is 0.478 e. The van der Waals surface area contributed by atoms with Crippen molar-refractivity contribution in [2.75, 3.05) is 24.5 Å². The van der Waals surface area contributed by atoms with E-state index in [1.54, 1.807) is 29.2 Å². The van der Waals surface area contributed by atoms with Gasteiger partial charge in [-0.15, -0.1) is 0 Å². The third-order valence-corrected chi connectivity index (χ3v) is 7.00. The lowest BCUT2D eigenvalue weighted by Gasteiger charge is -2.37. The first kappa shape index (κ1) is 23.1. The SMILES string of the molecule is Cc1cc(CN2CCC3(CC2)CN(c2ccc(C(=O)O)cc2)C(=O)O3)ccc1-c1cccc(F)c1. The Morgan fingerprint density at radius 2 is 1.80 bits per heavy atom. The van der Waals surface area contributed by atoms with Gasteiger partial charge in [-0.3, -0.25) is 9.80 Å². The lowest BCUT2D eigenvalue weighted by molar-refractivity contribution is -0.000982. The molecule has 0 bridgehead atoms. The average molecular weight is 475 g/mol. The van der Waals surface area contributed by atoms with E-state index in [0.717, 1.165) is 49.2 Å². The summed E-state index contributed by atoms with van der Waals surface area (Å²) in [7, 11) is 0. The van der Waals surface area contributed by atoms with E-state index in [1.165, 1.54) is 23.8 Å². The Kier molecular flexibility index (Phi) is 6.03. The maximum Gasteiger partial charge on any atom is 0.415 e. The number of hydrogen-bond acceptors (Lipinski definition) is 4. The van der Waals surface area contributed by atoms with Crippen molar-refractivity contribution < 1.29 is 23.8 Å². The summed E-state index contributed by atoms with van der Waals surface area (Å²) in [5, 5.41) is 9.09. The van der Waals surface area contributed by atoms with Crippen LogP contribution in [0.5, 0.6) is 0 Å². The molecule has 0 atom stereocenters. The highest BCUT2D eigenvalue weighted by atomic mass is 19.1. The second-order valence-corrected chi connectivity index (χ2v) is 9.42. The van der Waals surface area contributed by atoms with E-state index < -0.39 is 11.6 Å². The number of amides is 1. The zero-order valence-electron chi connectivity index (χ0n) is 19.5. The molecule has 1 spiro atoms. The third kappa shape index (κ3) is 4.77. The molecule has 0 aromatic heterocycles. The van der Waals surface area contributed by atoms with E-state index in [-0.39, 0.29) is 17.5 Å². The number of carboxylic acids is 1. The predicted molar refractivity (Wildman–Crippen MR) is 131 cm³/mol. The predicted octanol–water partition coefficient (Wildman–Crippen LogP) is 5.49. The highest BCUT2D eigenvalue weighted by Gasteiger charge is 2.47. The van der Waals surface area contributed by atoms with Crippen molar-refractivity contribution >= 4 is 17.7 Å². The number of nitrogens with zero attached hydrogens (tertiary/aromatic N) is 2. The molecular weight excluding hydrogens is 447 g/mol. The fourth-order valence-electron chi connectivity index (χ4n) is 5.05. The fraction of sp³-hybridized carbons (Fsp3) is 0.286. The van der Waals surface area contributed by atoms with Gasteiger partial charge >= 0.3 is 12.1 Å². The molecule has 5 rings (SSSR count). The zero-order chi connectivity index (χ0) is 24.6. The lowest BCUT2D eigenvalue weighted by atomic mass is 9.90. The summed E-state index contributed by atoms with van der Waals surface area (Å²) in [4.78, 5) is 27.6. The molecule has 0 saturated carbocycles. The minimum absolute atomic E-state index is 0.184. The summed E-state index contributed by atoms with van der Waals surface area (Å²) in [5.74, 6) is -1.24. The molecule has 1 N–H and O–H groups in total. The molecular formula is C28H27FN2O4. The molecule has 2 aliphatic heterocycles. The van der Waals surface area contributed by atoms with Gasteiger partial charge in [-0.1, -0.05) is 30.3 Å². The monoisotopic (exact) mass is 474 g/mol. The Morgan fingerprint density at radius 1 is 1.06 bits per heavy atom. The molecule has 2 saturated heterocycles. The van der Waals surface area contributed by atoms with Crippen LogP contribution in [0.3, 0.4) is 0 Å². The Balaban J connectivity index is 1.21. The van der Waals surface area contributed by atoms with Crippen molar-refractivity contribution in [2.24, 2.45) is 0 Å². The number of aromatic carboxylic acids is 1. The van der Waals surface area contributed by atoms with Crippen molar-refractivity contribution in [3.05, 3.63) is 89.2 Å². The van der Waals surface area contributed by atoms with E-state index >= 15 is 0 Å². The van der Waals surface area contributed by atoms with Gasteiger partial charge in [-0.05, 0) is 65.6 Å². The van der Waals surface area contributed by atoms with E-state index in [2.05, 4.69) is 23.1 Å². The highest BCUT2D eigenvalue weighted by Crippen LogP contribution is 2.36. The van der Waals surface area contributed by atoms with Crippen molar-refractivity contribution in [1.29, 1.82) is 0 Å². The number of ether oxygens (including phenoxy) is 1. The van der Waals surface area contributed by atoms with Crippen LogP contribution in [0.25, 0.3) is 11.1 Å². The average Bonchev–Trinajstić information content (AvgIpc) is 3.16. The molecule has 180 valence electrons. The van der Waals surface area contributed by atoms with Crippen LogP contribution in [0, 0.1) is 12.7 Å². The van der Waals surface area contributed by atoms with Gasteiger partial charge in [0.05, 0.1) is 12.1 Å². The van der Waals surface area contributed by atoms with E-state index in [4.69, 9.17) is 9.84 Å². The Morgan fingerprint density at radius 3 is 2.46 bits per heavy atom. The van der Waals surface area contributed by atoms with Crippen molar-refractivity contribution in [2.45, 2.75) is 31.9 Å². The molecule has 1 amide bonds. The lowest BCUT2D eigenvalue weighted by Crippen LogP contribution is -2.46. The van der Waals surface area contributed by atoms with Gasteiger partial charge in [0.2, 0.25) is 0 Å². The Labute approximate surface area is 203 Å². The molecule has 6 nitrogen and oxygen atoms in total. The first-order chi connectivity index (χ1) is 16.8. The van der Waals surface area contributed by atoms with E-state index in [1.807, 2.05) is 13.0 Å². The van der Waals surface area contributed by atoms with Crippen LogP contribution < -0.4 is 4.90 Å². The molecule has 2 heterocycles. The first-order valence-electron chi connectivity index (χ1n) is 11.7. The number of halogens is 1. The number of carboxylic acid groups (broad SMARTS) is 1. The molecule has 3 aromatic rings. The zero-order valence-corrected chi connectivity index (χ0v) is 19.5. The standard InChI is InChI=1S/C28H27FN2O4/c1-19-15-20(5-10-25(19)22-3-2-4-23(29)16-22)17-30-13-11-28(12-14-30)18-31(27(34)35-28)24-8-6-21(7-9-24)26(32)33/h2-10,15-16H,11-14,17-18H2,1H3,(H,32,33). The van der Waals surface area contributed by atoms with Crippen LogP contribution in [0.4, 0.5) is 14.9 Å². The van der Waals surface area contributed by atoms with Crippen LogP contribution in [-0.4, -0.2) is 47.3 Å². The van der Waals surface area contributed by atoms with E-state index in [0.29, 0.717) is 12.2 Å². The summed E-state index contributed by atoms with van der Waals surface area (Å²) in [6.45, 7) is 4.93. The van der Waals surface area contributed by atoms with Gasteiger partial charge in [-0.2, -0.15) is 0 Å². The summed E-state index contributed by atoms with van der Waals surface area (Å²) in [5.41, 5.74) is 4.52. The van der Waals surface area contributed by atoms with Gasteiger partial charge in [0.15, 0.2) is 0 Å². The molecule has 7 heteroatoms. The number of rotatable bonds is 5. The normalized spacial score (nSPS) is 17.5. The van der Waals surface area contributed by atoms with Crippen LogP contribution in [0.1, 0.15) is 34.3 Å². The van der Waals surface area contributed by atoms with Gasteiger partial charge in [0.25, 0.3) is 0 Å². The molecule has 35 heavy (non-hydrogen) atoms. The quantitative estimate of drug-likeness (QED) is 0.530. The molecule has 2 aliphatic rings. The summed E-state index contributed by atoms with van der Waals surface area (Å²) >= 11 is 0. The summed E-state index contributed by atoms with van der Waals surface area (Å²) in [6, 6.07) is 19.2. The van der Waals surface area contributed by atoms with Crippen molar-refractivity contribution in [3.8, 4) is 11.1 Å². The summed E-state index contributed by atoms with van der Waals surface area (Å²) in [6.07, 6.45) is 1.09. The second-order valence-electron chi connectivity index (χ2n) is 9.42. The summed E-state index contributed by atoms with van der Waals surface area (Å²) < 4.78 is 19.5. The number of anilines is 1. The van der Waals surface area contributed by atoms with E-state index in [9.17, 15) is 14.0 Å². The minimum atomic E-state index is -0.997. The molecule has 0 radical (unpaired) electrons. The van der Waals surface area contributed by atoms with Crippen LogP contribution in [0.2, 0.25) is 0 Å². The fourth-order valence-corrected chi connectivity index (χ4v) is 5.05. The second kappa shape index (κ2) is 9.15. The van der Waals surface area contributed by atoms with Gasteiger partial charge in [0, 0.05) is 38.2 Å². The molecule has 0 aliphatic carbocycles. The number of aryl methyl sites for hydroxylation is 1. The Bertz CT molecular complexity index is 1270. The highest BCUT2D eigenvalue weighted by molar-refractivity contribution is 5.92. The third-order valence-electron chi connectivity index (χ3n) is 7.00. The number of carbonyl (C=O) groups is 2. The van der Waals surface area contributed by atoms with Gasteiger partial charge in [0.1, 0.15) is 11.4 Å². The molecule has 0 unspecified atom stereocenters. The molecule has 2 fully saturated rings. The van der Waals surface area contributed by atoms with Crippen molar-refractivity contribution in [3.63, 3.8) is 0 Å².